The van der Waals surface area contributed by atoms with E-state index in [4.69, 9.17) is 9.47 Å². The van der Waals surface area contributed by atoms with Gasteiger partial charge in [-0.05, 0) is 51.2 Å². The Morgan fingerprint density at radius 1 is 0.767 bits per heavy atom. The van der Waals surface area contributed by atoms with E-state index < -0.39 is 59.9 Å². The molecule has 0 saturated heterocycles. The van der Waals surface area contributed by atoms with E-state index in [0.29, 0.717) is 12.1 Å². The molecule has 0 radical (unpaired) electrons. The SMILES string of the molecule is CCNC(=O)C(NC(=O)C(CC(=O)OC(C)(C)C)NC(=O)C(CC(C)C)NC(=O)OCc1ccccc1)c1ccccc1. The molecule has 11 heteroatoms. The summed E-state index contributed by atoms with van der Waals surface area (Å²) in [6.45, 7) is 10.9. The van der Waals surface area contributed by atoms with Crippen molar-refractivity contribution in [3.8, 4) is 0 Å². The maximum absolute atomic E-state index is 13.6. The fourth-order valence-electron chi connectivity index (χ4n) is 4.11. The van der Waals surface area contributed by atoms with E-state index in [-0.39, 0.29) is 18.9 Å². The Morgan fingerprint density at radius 2 is 1.35 bits per heavy atom. The molecule has 4 amide bonds. The second kappa shape index (κ2) is 16.9. The van der Waals surface area contributed by atoms with Crippen molar-refractivity contribution < 1.29 is 33.4 Å². The number of carbonyl (C=O) groups excluding carboxylic acids is 5. The summed E-state index contributed by atoms with van der Waals surface area (Å²) < 4.78 is 10.7. The van der Waals surface area contributed by atoms with Gasteiger partial charge < -0.3 is 30.7 Å². The summed E-state index contributed by atoms with van der Waals surface area (Å²) in [5.41, 5.74) is 0.460. The van der Waals surface area contributed by atoms with Crippen molar-refractivity contribution >= 4 is 29.8 Å². The molecule has 3 unspecified atom stereocenters. The zero-order valence-corrected chi connectivity index (χ0v) is 25.8. The van der Waals surface area contributed by atoms with Gasteiger partial charge in [0.2, 0.25) is 17.7 Å². The first kappa shape index (κ1) is 34.8. The summed E-state index contributed by atoms with van der Waals surface area (Å²) in [4.78, 5) is 65.3. The van der Waals surface area contributed by atoms with E-state index in [2.05, 4.69) is 21.3 Å². The highest BCUT2D eigenvalue weighted by molar-refractivity contribution is 5.96. The second-order valence-electron chi connectivity index (χ2n) is 11.5. The van der Waals surface area contributed by atoms with Gasteiger partial charge in [0.05, 0.1) is 6.42 Å². The maximum atomic E-state index is 13.6. The van der Waals surface area contributed by atoms with E-state index in [1.165, 1.54) is 0 Å². The monoisotopic (exact) mass is 596 g/mol. The van der Waals surface area contributed by atoms with Crippen molar-refractivity contribution in [1.82, 2.24) is 21.3 Å². The number of likely N-dealkylation sites (N-methyl/N-ethyl adjacent to an activating group) is 1. The van der Waals surface area contributed by atoms with E-state index in [9.17, 15) is 24.0 Å². The molecule has 11 nitrogen and oxygen atoms in total. The van der Waals surface area contributed by atoms with Gasteiger partial charge in [-0.3, -0.25) is 19.2 Å². The van der Waals surface area contributed by atoms with Crippen molar-refractivity contribution in [3.05, 3.63) is 71.8 Å². The second-order valence-corrected chi connectivity index (χ2v) is 11.5. The smallest absolute Gasteiger partial charge is 0.408 e. The Bertz CT molecular complexity index is 1210. The minimum absolute atomic E-state index is 0.00701. The summed E-state index contributed by atoms with van der Waals surface area (Å²) in [6.07, 6.45) is -1.07. The van der Waals surface area contributed by atoms with Gasteiger partial charge in [-0.15, -0.1) is 0 Å². The quantitative estimate of drug-likeness (QED) is 0.244. The molecular formula is C32H44N4O7. The van der Waals surface area contributed by atoms with Crippen LogP contribution >= 0.6 is 0 Å². The molecular weight excluding hydrogens is 552 g/mol. The summed E-state index contributed by atoms with van der Waals surface area (Å²) in [7, 11) is 0. The van der Waals surface area contributed by atoms with Crippen molar-refractivity contribution in [2.24, 2.45) is 5.92 Å². The average Bonchev–Trinajstić information content (AvgIpc) is 2.93. The predicted molar refractivity (Wildman–Crippen MR) is 161 cm³/mol. The molecule has 0 bridgehead atoms. The zero-order chi connectivity index (χ0) is 32.0. The molecule has 2 aromatic carbocycles. The van der Waals surface area contributed by atoms with Gasteiger partial charge in [0, 0.05) is 6.54 Å². The molecule has 0 aliphatic rings. The van der Waals surface area contributed by atoms with Crippen LogP contribution < -0.4 is 21.3 Å². The van der Waals surface area contributed by atoms with E-state index in [1.54, 1.807) is 70.2 Å². The third-order valence-electron chi connectivity index (χ3n) is 5.98. The number of esters is 1. The Hall–Kier alpha value is -4.41. The summed E-state index contributed by atoms with van der Waals surface area (Å²) in [5, 5.41) is 10.5. The number of alkyl carbamates (subject to hydrolysis) is 1. The van der Waals surface area contributed by atoms with Crippen LogP contribution in [0.1, 0.15) is 71.6 Å². The molecule has 0 aliphatic carbocycles. The van der Waals surface area contributed by atoms with Crippen LogP contribution in [0.2, 0.25) is 0 Å². The van der Waals surface area contributed by atoms with Crippen LogP contribution in [0.4, 0.5) is 4.79 Å². The Balaban J connectivity index is 2.26. The van der Waals surface area contributed by atoms with E-state index >= 15 is 0 Å². The van der Waals surface area contributed by atoms with Gasteiger partial charge in [0.15, 0.2) is 0 Å². The number of hydrogen-bond donors (Lipinski definition) is 4. The van der Waals surface area contributed by atoms with Crippen LogP contribution in [0.25, 0.3) is 0 Å². The standard InChI is InChI=1S/C32H44N4O7/c1-7-33-30(40)27(23-16-12-9-13-17-23)36-29(39)25(19-26(37)43-32(4,5)6)34-28(38)24(18-21(2)3)35-31(41)42-20-22-14-10-8-11-15-22/h8-17,21,24-25,27H,7,18-20H2,1-6H3,(H,33,40)(H,34,38)(H,35,41)(H,36,39). The van der Waals surface area contributed by atoms with Gasteiger partial charge in [-0.25, -0.2) is 4.79 Å². The van der Waals surface area contributed by atoms with Crippen molar-refractivity contribution in [3.63, 3.8) is 0 Å². The highest BCUT2D eigenvalue weighted by Gasteiger charge is 2.33. The third kappa shape index (κ3) is 13.0. The van der Waals surface area contributed by atoms with Crippen molar-refractivity contribution in [2.45, 2.75) is 84.7 Å². The Labute approximate surface area is 253 Å². The van der Waals surface area contributed by atoms with Crippen LogP contribution in [0, 0.1) is 5.92 Å². The first-order valence-corrected chi connectivity index (χ1v) is 14.4. The first-order valence-electron chi connectivity index (χ1n) is 14.4. The van der Waals surface area contributed by atoms with E-state index in [1.807, 2.05) is 32.0 Å². The highest BCUT2D eigenvalue weighted by Crippen LogP contribution is 2.15. The number of carbonyl (C=O) groups is 5. The number of nitrogens with one attached hydrogen (secondary N) is 4. The molecule has 234 valence electrons. The fourth-order valence-corrected chi connectivity index (χ4v) is 4.11. The lowest BCUT2D eigenvalue weighted by atomic mass is 10.0. The molecule has 2 aromatic rings. The molecule has 43 heavy (non-hydrogen) atoms. The molecule has 4 N–H and O–H groups in total. The van der Waals surface area contributed by atoms with Crippen LogP contribution in [-0.2, 0) is 35.3 Å². The van der Waals surface area contributed by atoms with Crippen LogP contribution in [0.15, 0.2) is 60.7 Å². The highest BCUT2D eigenvalue weighted by atomic mass is 16.6. The number of hydrogen-bond acceptors (Lipinski definition) is 7. The topological polar surface area (TPSA) is 152 Å². The average molecular weight is 597 g/mol. The number of ether oxygens (including phenoxy) is 2. The summed E-state index contributed by atoms with van der Waals surface area (Å²) in [6, 6.07) is 14.1. The van der Waals surface area contributed by atoms with Gasteiger partial charge in [-0.1, -0.05) is 74.5 Å². The lowest BCUT2D eigenvalue weighted by Crippen LogP contribution is -2.56. The Morgan fingerprint density at radius 3 is 1.91 bits per heavy atom. The minimum atomic E-state index is -1.40. The van der Waals surface area contributed by atoms with Gasteiger partial charge in [-0.2, -0.15) is 0 Å². The van der Waals surface area contributed by atoms with Gasteiger partial charge in [0.25, 0.3) is 0 Å². The normalized spacial score (nSPS) is 13.2. The van der Waals surface area contributed by atoms with Crippen molar-refractivity contribution in [2.75, 3.05) is 6.54 Å². The summed E-state index contributed by atoms with van der Waals surface area (Å²) >= 11 is 0. The first-order chi connectivity index (χ1) is 20.3. The molecule has 2 rings (SSSR count). The van der Waals surface area contributed by atoms with Gasteiger partial charge in [0.1, 0.15) is 30.3 Å². The molecule has 0 fully saturated rings. The third-order valence-corrected chi connectivity index (χ3v) is 5.98. The molecule has 0 spiro atoms. The van der Waals surface area contributed by atoms with Crippen LogP contribution in [-0.4, -0.2) is 54.0 Å². The lowest BCUT2D eigenvalue weighted by Gasteiger charge is -2.27. The summed E-state index contributed by atoms with van der Waals surface area (Å²) in [5.74, 6) is -2.65. The fraction of sp³-hybridized carbons (Fsp3) is 0.469. The predicted octanol–water partition coefficient (Wildman–Crippen LogP) is 3.54. The number of rotatable bonds is 14. The lowest BCUT2D eigenvalue weighted by molar-refractivity contribution is -0.156. The molecule has 0 aliphatic heterocycles. The Kier molecular flexibility index (Phi) is 13.7. The molecule has 0 saturated carbocycles. The van der Waals surface area contributed by atoms with Crippen LogP contribution in [0.5, 0.6) is 0 Å². The molecule has 3 atom stereocenters. The minimum Gasteiger partial charge on any atom is -0.460 e. The largest absolute Gasteiger partial charge is 0.460 e. The van der Waals surface area contributed by atoms with E-state index in [0.717, 1.165) is 5.56 Å². The molecule has 0 aromatic heterocycles. The number of amides is 4. The van der Waals surface area contributed by atoms with Gasteiger partial charge >= 0.3 is 12.1 Å². The van der Waals surface area contributed by atoms with Crippen molar-refractivity contribution in [1.29, 1.82) is 0 Å². The van der Waals surface area contributed by atoms with Crippen LogP contribution in [0.3, 0.4) is 0 Å². The maximum Gasteiger partial charge on any atom is 0.408 e. The molecule has 0 heterocycles. The number of benzene rings is 2. The zero-order valence-electron chi connectivity index (χ0n) is 25.8.